The van der Waals surface area contributed by atoms with Gasteiger partial charge in [-0.1, -0.05) is 18.2 Å². The van der Waals surface area contributed by atoms with E-state index in [-0.39, 0.29) is 19.0 Å². The van der Waals surface area contributed by atoms with Crippen LogP contribution in [0.4, 0.5) is 10.1 Å². The molecular weight excluding hydrogens is 455 g/mol. The molecule has 0 bridgehead atoms. The van der Waals surface area contributed by atoms with E-state index in [1.165, 1.54) is 13.2 Å². The lowest BCUT2D eigenvalue weighted by atomic mass is 9.94. The maximum atomic E-state index is 14.3. The first-order valence-corrected chi connectivity index (χ1v) is 11.1. The summed E-state index contributed by atoms with van der Waals surface area (Å²) in [7, 11) is 1.54. The smallest absolute Gasteiger partial charge is 0.338 e. The molecule has 2 aromatic carbocycles. The Balaban J connectivity index is 1.74. The van der Waals surface area contributed by atoms with Crippen molar-refractivity contribution in [2.45, 2.75) is 19.9 Å². The molecule has 1 unspecified atom stereocenters. The Hall–Kier alpha value is -3.56. The van der Waals surface area contributed by atoms with Crippen molar-refractivity contribution in [2.24, 2.45) is 0 Å². The van der Waals surface area contributed by atoms with Gasteiger partial charge in [-0.3, -0.25) is 4.90 Å². The van der Waals surface area contributed by atoms with Gasteiger partial charge in [0.15, 0.2) is 5.11 Å². The average Bonchev–Trinajstić information content (AvgIpc) is 3.36. The number of nitrogens with one attached hydrogen (secondary N) is 1. The lowest BCUT2D eigenvalue weighted by Crippen LogP contribution is -2.48. The quantitative estimate of drug-likeness (QED) is 0.309. The van der Waals surface area contributed by atoms with Crippen LogP contribution in [0.1, 0.15) is 24.1 Å². The first kappa shape index (κ1) is 23.6. The minimum atomic E-state index is -0.536. The van der Waals surface area contributed by atoms with E-state index in [0.717, 1.165) is 11.3 Å². The van der Waals surface area contributed by atoms with Crippen LogP contribution in [0.5, 0.6) is 0 Å². The van der Waals surface area contributed by atoms with Crippen molar-refractivity contribution in [1.29, 1.82) is 0 Å². The Kier molecular flexibility index (Phi) is 7.04. The zero-order valence-electron chi connectivity index (χ0n) is 19.1. The van der Waals surface area contributed by atoms with Gasteiger partial charge < -0.3 is 19.4 Å². The van der Waals surface area contributed by atoms with Gasteiger partial charge in [-0.25, -0.2) is 14.2 Å². The Morgan fingerprint density at radius 1 is 1.15 bits per heavy atom. The molecule has 7 nitrogen and oxygen atoms in total. The molecule has 0 spiro atoms. The number of imidazole rings is 1. The molecule has 1 atom stereocenters. The Bertz CT molecular complexity index is 1230. The molecule has 0 aliphatic carbocycles. The van der Waals surface area contributed by atoms with Crippen LogP contribution in [-0.2, 0) is 14.3 Å². The molecule has 0 saturated carbocycles. The van der Waals surface area contributed by atoms with Crippen molar-refractivity contribution < 1.29 is 18.7 Å². The number of aryl methyl sites for hydroxylation is 1. The van der Waals surface area contributed by atoms with E-state index in [1.54, 1.807) is 43.4 Å². The van der Waals surface area contributed by atoms with Gasteiger partial charge in [0.1, 0.15) is 12.4 Å². The highest BCUT2D eigenvalue weighted by Crippen LogP contribution is 2.35. The minimum Gasteiger partial charge on any atom is -0.460 e. The van der Waals surface area contributed by atoms with Crippen molar-refractivity contribution in [2.75, 3.05) is 25.2 Å². The summed E-state index contributed by atoms with van der Waals surface area (Å²) < 4.78 is 26.7. The predicted molar refractivity (Wildman–Crippen MR) is 131 cm³/mol. The van der Waals surface area contributed by atoms with Crippen LogP contribution < -0.4 is 10.2 Å². The molecule has 1 aliphatic rings. The third-order valence-electron chi connectivity index (χ3n) is 5.67. The number of hydrogen-bond donors (Lipinski definition) is 1. The highest BCUT2D eigenvalue weighted by Gasteiger charge is 2.35. The van der Waals surface area contributed by atoms with Gasteiger partial charge in [0.2, 0.25) is 0 Å². The van der Waals surface area contributed by atoms with Gasteiger partial charge in [-0.05, 0) is 61.5 Å². The summed E-state index contributed by atoms with van der Waals surface area (Å²) in [5.41, 5.74) is 3.77. The second-order valence-electron chi connectivity index (χ2n) is 7.84. The summed E-state index contributed by atoms with van der Waals surface area (Å²) in [6.07, 6.45) is 5.27. The summed E-state index contributed by atoms with van der Waals surface area (Å²) in [4.78, 5) is 18.9. The Morgan fingerprint density at radius 3 is 2.53 bits per heavy atom. The van der Waals surface area contributed by atoms with Crippen molar-refractivity contribution in [1.82, 2.24) is 14.9 Å². The molecule has 0 fully saturated rings. The van der Waals surface area contributed by atoms with Crippen molar-refractivity contribution in [3.05, 3.63) is 89.4 Å². The largest absolute Gasteiger partial charge is 0.460 e. The minimum absolute atomic E-state index is 0.113. The molecule has 4 rings (SSSR count). The molecule has 2 heterocycles. The highest BCUT2D eigenvalue weighted by molar-refractivity contribution is 7.80. The number of anilines is 1. The van der Waals surface area contributed by atoms with Crippen LogP contribution in [0.2, 0.25) is 0 Å². The zero-order chi connectivity index (χ0) is 24.2. The number of thiocarbonyl (C=S) groups is 1. The Labute approximate surface area is 202 Å². The van der Waals surface area contributed by atoms with Gasteiger partial charge in [0, 0.05) is 30.9 Å². The number of halogens is 1. The third-order valence-corrected chi connectivity index (χ3v) is 5.97. The molecule has 176 valence electrons. The maximum Gasteiger partial charge on any atom is 0.338 e. The molecule has 0 amide bonds. The number of carbonyl (C=O) groups is 1. The van der Waals surface area contributed by atoms with E-state index in [0.29, 0.717) is 27.6 Å². The molecular formula is C25H25FN4O3S. The topological polar surface area (TPSA) is 68.6 Å². The number of esters is 1. The van der Waals surface area contributed by atoms with Crippen LogP contribution in [0.15, 0.2) is 72.5 Å². The summed E-state index contributed by atoms with van der Waals surface area (Å²) in [6.45, 7) is 3.87. The molecule has 0 radical (unpaired) electrons. The number of allylic oxidation sites excluding steroid dienone is 1. The zero-order valence-corrected chi connectivity index (χ0v) is 19.9. The number of methoxy groups -OCH3 is 1. The maximum absolute atomic E-state index is 14.3. The van der Waals surface area contributed by atoms with Gasteiger partial charge in [0.05, 0.1) is 30.2 Å². The molecule has 1 aromatic heterocycles. The fraction of sp³-hybridized carbons (Fsp3) is 0.240. The number of benzene rings is 2. The van der Waals surface area contributed by atoms with Crippen molar-refractivity contribution >= 4 is 29.0 Å². The summed E-state index contributed by atoms with van der Waals surface area (Å²) in [6, 6.07) is 12.0. The monoisotopic (exact) mass is 480 g/mol. The van der Waals surface area contributed by atoms with Crippen LogP contribution in [0.3, 0.4) is 0 Å². The molecule has 0 saturated heterocycles. The second kappa shape index (κ2) is 10.1. The number of carbonyl (C=O) groups excluding carboxylic acids is 1. The van der Waals surface area contributed by atoms with E-state index < -0.39 is 12.0 Å². The second-order valence-corrected chi connectivity index (χ2v) is 8.23. The van der Waals surface area contributed by atoms with E-state index in [2.05, 4.69) is 10.3 Å². The third kappa shape index (κ3) is 4.71. The van der Waals surface area contributed by atoms with E-state index in [9.17, 15) is 9.18 Å². The number of nitrogens with zero attached hydrogens (tertiary/aromatic N) is 3. The summed E-state index contributed by atoms with van der Waals surface area (Å²) in [5, 5.41) is 3.61. The van der Waals surface area contributed by atoms with E-state index in [1.807, 2.05) is 35.0 Å². The van der Waals surface area contributed by atoms with E-state index >= 15 is 0 Å². The van der Waals surface area contributed by atoms with E-state index in [4.69, 9.17) is 21.7 Å². The van der Waals surface area contributed by atoms with Gasteiger partial charge in [-0.15, -0.1) is 0 Å². The van der Waals surface area contributed by atoms with Gasteiger partial charge >= 0.3 is 5.97 Å². The molecule has 3 aromatic rings. The number of rotatable bonds is 7. The SMILES string of the molecule is COCCOC(=O)C1=C(C)N(c2ccc(C)c(F)c2)C(=S)NC1c1ccc(-n2ccnc2)cc1. The first-order chi connectivity index (χ1) is 16.4. The van der Waals surface area contributed by atoms with Crippen LogP contribution in [0.25, 0.3) is 5.69 Å². The molecule has 34 heavy (non-hydrogen) atoms. The standard InChI is InChI=1S/C25H25FN4O3S/c1-16-4-7-20(14-21(16)26)30-17(2)22(24(31)33-13-12-32-3)23(28-25(30)34)18-5-8-19(9-6-18)29-11-10-27-15-29/h4-11,14-15,23H,12-13H2,1-3H3,(H,28,34). The van der Waals surface area contributed by atoms with Crippen molar-refractivity contribution in [3.63, 3.8) is 0 Å². The lowest BCUT2D eigenvalue weighted by molar-refractivity contribution is -0.140. The lowest BCUT2D eigenvalue weighted by Gasteiger charge is -2.37. The highest BCUT2D eigenvalue weighted by atomic mass is 32.1. The van der Waals surface area contributed by atoms with Crippen LogP contribution in [0, 0.1) is 12.7 Å². The summed E-state index contributed by atoms with van der Waals surface area (Å²) >= 11 is 5.65. The van der Waals surface area contributed by atoms with Crippen molar-refractivity contribution in [3.8, 4) is 5.69 Å². The first-order valence-electron chi connectivity index (χ1n) is 10.7. The van der Waals surface area contributed by atoms with Gasteiger partial charge in [-0.2, -0.15) is 0 Å². The Morgan fingerprint density at radius 2 is 1.88 bits per heavy atom. The normalized spacial score (nSPS) is 15.9. The van der Waals surface area contributed by atoms with Gasteiger partial charge in [0.25, 0.3) is 0 Å². The number of hydrogen-bond acceptors (Lipinski definition) is 5. The summed E-state index contributed by atoms with van der Waals surface area (Å²) in [5.74, 6) is -0.847. The fourth-order valence-corrected chi connectivity index (χ4v) is 4.20. The number of ether oxygens (including phenoxy) is 2. The number of aromatic nitrogens is 2. The molecule has 9 heteroatoms. The van der Waals surface area contributed by atoms with Crippen LogP contribution in [-0.4, -0.2) is 41.0 Å². The van der Waals surface area contributed by atoms with Crippen LogP contribution >= 0.6 is 12.2 Å². The molecule has 1 N–H and O–H groups in total. The average molecular weight is 481 g/mol. The fourth-order valence-electron chi connectivity index (χ4n) is 3.84. The predicted octanol–water partition coefficient (Wildman–Crippen LogP) is 4.22. The molecule has 1 aliphatic heterocycles.